The third-order valence-corrected chi connectivity index (χ3v) is 2.76. The van der Waals surface area contributed by atoms with E-state index in [9.17, 15) is 9.18 Å². The molecule has 2 N–H and O–H groups in total. The maximum Gasteiger partial charge on any atom is 0.187 e. The van der Waals surface area contributed by atoms with Crippen molar-refractivity contribution in [3.63, 3.8) is 0 Å². The maximum absolute atomic E-state index is 13.2. The lowest BCUT2D eigenvalue weighted by molar-refractivity contribution is 0.0989. The van der Waals surface area contributed by atoms with Crippen molar-refractivity contribution in [1.29, 1.82) is 0 Å². The van der Waals surface area contributed by atoms with E-state index in [0.717, 1.165) is 0 Å². The van der Waals surface area contributed by atoms with Crippen LogP contribution in [-0.2, 0) is 6.42 Å². The zero-order valence-corrected chi connectivity index (χ0v) is 10.1. The first-order valence-electron chi connectivity index (χ1n) is 5.25. The van der Waals surface area contributed by atoms with Gasteiger partial charge >= 0.3 is 0 Å². The summed E-state index contributed by atoms with van der Waals surface area (Å²) in [6.45, 7) is 0. The summed E-state index contributed by atoms with van der Waals surface area (Å²) < 4.78 is 13.2. The molecule has 92 valence electrons. The molecule has 3 nitrogen and oxygen atoms in total. The minimum absolute atomic E-state index is 0.0311. The molecule has 5 heteroatoms. The van der Waals surface area contributed by atoms with E-state index in [0.29, 0.717) is 11.3 Å². The van der Waals surface area contributed by atoms with Gasteiger partial charge in [-0.1, -0.05) is 17.7 Å². The molecule has 1 heterocycles. The fourth-order valence-corrected chi connectivity index (χ4v) is 1.69. The number of carbonyl (C=O) groups is 1. The van der Waals surface area contributed by atoms with E-state index in [1.165, 1.54) is 18.3 Å². The number of nitrogen functional groups attached to an aromatic ring is 1. The summed E-state index contributed by atoms with van der Waals surface area (Å²) in [7, 11) is 0. The number of anilines is 1. The number of Topliss-reactive ketones (excluding diaryl/α,β-unsaturated/α-hetero) is 1. The SMILES string of the molecule is Nc1cccnc1C(=O)Cc1ccc(Cl)c(F)c1. The number of nitrogens with zero attached hydrogens (tertiary/aromatic N) is 1. The van der Waals surface area contributed by atoms with Gasteiger partial charge in [-0.15, -0.1) is 0 Å². The Morgan fingerprint density at radius 1 is 1.39 bits per heavy atom. The number of aromatic nitrogens is 1. The van der Waals surface area contributed by atoms with Gasteiger partial charge < -0.3 is 5.73 Å². The molecular formula is C13H10ClFN2O. The highest BCUT2D eigenvalue weighted by molar-refractivity contribution is 6.30. The van der Waals surface area contributed by atoms with Crippen LogP contribution in [0.5, 0.6) is 0 Å². The summed E-state index contributed by atoms with van der Waals surface area (Å²) in [6, 6.07) is 7.50. The number of benzene rings is 1. The van der Waals surface area contributed by atoms with Gasteiger partial charge in [-0.25, -0.2) is 4.39 Å². The van der Waals surface area contributed by atoms with Gasteiger partial charge in [0.2, 0.25) is 0 Å². The number of pyridine rings is 1. The second kappa shape index (κ2) is 5.14. The van der Waals surface area contributed by atoms with Crippen LogP contribution in [-0.4, -0.2) is 10.8 Å². The third-order valence-electron chi connectivity index (χ3n) is 2.45. The van der Waals surface area contributed by atoms with Crippen LogP contribution in [0.3, 0.4) is 0 Å². The molecule has 0 unspecified atom stereocenters. The minimum atomic E-state index is -0.545. The first-order valence-corrected chi connectivity index (χ1v) is 5.63. The van der Waals surface area contributed by atoms with Crippen molar-refractivity contribution in [1.82, 2.24) is 4.98 Å². The maximum atomic E-state index is 13.2. The van der Waals surface area contributed by atoms with Crippen LogP contribution in [0.25, 0.3) is 0 Å². The summed E-state index contributed by atoms with van der Waals surface area (Å²) in [5, 5.41) is 0.0311. The van der Waals surface area contributed by atoms with E-state index < -0.39 is 5.82 Å². The number of carbonyl (C=O) groups excluding carboxylic acids is 1. The van der Waals surface area contributed by atoms with Gasteiger partial charge in [0.05, 0.1) is 10.7 Å². The van der Waals surface area contributed by atoms with Crippen LogP contribution < -0.4 is 5.73 Å². The highest BCUT2D eigenvalue weighted by Crippen LogP contribution is 2.17. The Morgan fingerprint density at radius 2 is 2.17 bits per heavy atom. The molecular weight excluding hydrogens is 255 g/mol. The number of halogens is 2. The molecule has 0 saturated heterocycles. The standard InChI is InChI=1S/C13H10ClFN2O/c14-9-4-3-8(6-10(9)15)7-12(18)13-11(16)2-1-5-17-13/h1-6H,7,16H2. The second-order valence-electron chi connectivity index (χ2n) is 3.79. The molecule has 0 radical (unpaired) electrons. The molecule has 18 heavy (non-hydrogen) atoms. The summed E-state index contributed by atoms with van der Waals surface area (Å²) in [6.07, 6.45) is 1.53. The van der Waals surface area contributed by atoms with Gasteiger partial charge in [0.1, 0.15) is 11.5 Å². The van der Waals surface area contributed by atoms with Crippen LogP contribution in [0.1, 0.15) is 16.1 Å². The highest BCUT2D eigenvalue weighted by Gasteiger charge is 2.12. The summed E-state index contributed by atoms with van der Waals surface area (Å²) >= 11 is 5.57. The van der Waals surface area contributed by atoms with Crippen molar-refractivity contribution in [2.45, 2.75) is 6.42 Å². The van der Waals surface area contributed by atoms with Gasteiger partial charge in [0.15, 0.2) is 5.78 Å². The molecule has 0 amide bonds. The molecule has 0 bridgehead atoms. The molecule has 2 aromatic rings. The van der Waals surface area contributed by atoms with Crippen LogP contribution in [0.15, 0.2) is 36.5 Å². The van der Waals surface area contributed by atoms with Crippen molar-refractivity contribution >= 4 is 23.1 Å². The van der Waals surface area contributed by atoms with Crippen LogP contribution >= 0.6 is 11.6 Å². The molecule has 0 atom stereocenters. The average Bonchev–Trinajstić information content (AvgIpc) is 2.34. The lowest BCUT2D eigenvalue weighted by Crippen LogP contribution is -2.09. The van der Waals surface area contributed by atoms with Gasteiger partial charge in [-0.05, 0) is 29.8 Å². The molecule has 0 fully saturated rings. The molecule has 0 spiro atoms. The Kier molecular flexibility index (Phi) is 3.58. The van der Waals surface area contributed by atoms with Gasteiger partial charge in [0.25, 0.3) is 0 Å². The van der Waals surface area contributed by atoms with Crippen LogP contribution in [0.2, 0.25) is 5.02 Å². The van der Waals surface area contributed by atoms with Gasteiger partial charge in [0, 0.05) is 12.6 Å². The smallest absolute Gasteiger partial charge is 0.187 e. The number of ketones is 1. The second-order valence-corrected chi connectivity index (χ2v) is 4.20. The number of rotatable bonds is 3. The minimum Gasteiger partial charge on any atom is -0.397 e. The van der Waals surface area contributed by atoms with E-state index in [1.807, 2.05) is 0 Å². The summed E-state index contributed by atoms with van der Waals surface area (Å²) in [5.41, 5.74) is 6.70. The van der Waals surface area contributed by atoms with Crippen LogP contribution in [0.4, 0.5) is 10.1 Å². The zero-order chi connectivity index (χ0) is 13.1. The fraction of sp³-hybridized carbons (Fsp3) is 0.0769. The van der Waals surface area contributed by atoms with Crippen molar-refractivity contribution in [2.24, 2.45) is 0 Å². The quantitative estimate of drug-likeness (QED) is 0.868. The van der Waals surface area contributed by atoms with Crippen LogP contribution in [0, 0.1) is 5.82 Å². The van der Waals surface area contributed by atoms with Gasteiger partial charge in [-0.3, -0.25) is 9.78 Å². The number of nitrogens with two attached hydrogens (primary N) is 1. The normalized spacial score (nSPS) is 10.3. The molecule has 0 aliphatic heterocycles. The summed E-state index contributed by atoms with van der Waals surface area (Å²) in [5.74, 6) is -0.800. The predicted molar refractivity (Wildman–Crippen MR) is 68.1 cm³/mol. The van der Waals surface area contributed by atoms with Crippen molar-refractivity contribution < 1.29 is 9.18 Å². The molecule has 1 aromatic heterocycles. The van der Waals surface area contributed by atoms with E-state index in [1.54, 1.807) is 18.2 Å². The largest absolute Gasteiger partial charge is 0.397 e. The Morgan fingerprint density at radius 3 is 2.83 bits per heavy atom. The Balaban J connectivity index is 2.22. The molecule has 0 aliphatic rings. The van der Waals surface area contributed by atoms with Gasteiger partial charge in [-0.2, -0.15) is 0 Å². The molecule has 2 rings (SSSR count). The van der Waals surface area contributed by atoms with E-state index in [2.05, 4.69) is 4.98 Å². The summed E-state index contributed by atoms with van der Waals surface area (Å²) in [4.78, 5) is 15.9. The molecule has 0 aliphatic carbocycles. The average molecular weight is 265 g/mol. The lowest BCUT2D eigenvalue weighted by atomic mass is 10.1. The zero-order valence-electron chi connectivity index (χ0n) is 9.36. The first-order chi connectivity index (χ1) is 8.58. The molecule has 0 saturated carbocycles. The van der Waals surface area contributed by atoms with E-state index in [-0.39, 0.29) is 22.9 Å². The fourth-order valence-electron chi connectivity index (χ4n) is 1.57. The van der Waals surface area contributed by atoms with E-state index in [4.69, 9.17) is 17.3 Å². The molecule has 1 aromatic carbocycles. The van der Waals surface area contributed by atoms with Crippen molar-refractivity contribution in [3.8, 4) is 0 Å². The Hall–Kier alpha value is -1.94. The monoisotopic (exact) mass is 264 g/mol. The Labute approximate surface area is 108 Å². The van der Waals surface area contributed by atoms with Crippen molar-refractivity contribution in [3.05, 3.63) is 58.6 Å². The van der Waals surface area contributed by atoms with Crippen molar-refractivity contribution in [2.75, 3.05) is 5.73 Å². The first kappa shape index (κ1) is 12.5. The predicted octanol–water partition coefficient (Wildman–Crippen LogP) is 2.88. The Bertz CT molecular complexity index is 601. The van der Waals surface area contributed by atoms with E-state index >= 15 is 0 Å². The lowest BCUT2D eigenvalue weighted by Gasteiger charge is -2.04. The number of hydrogen-bond acceptors (Lipinski definition) is 3. The number of hydrogen-bond donors (Lipinski definition) is 1. The highest BCUT2D eigenvalue weighted by atomic mass is 35.5. The topological polar surface area (TPSA) is 56.0 Å². The third kappa shape index (κ3) is 2.65.